The molecule has 94 valence electrons. The average Bonchev–Trinajstić information content (AvgIpc) is 2.66. The van der Waals surface area contributed by atoms with Crippen molar-refractivity contribution in [1.29, 1.82) is 0 Å². The second-order valence-corrected chi connectivity index (χ2v) is 5.74. The van der Waals surface area contributed by atoms with Crippen LogP contribution in [0, 0.1) is 0 Å². The zero-order valence-electron chi connectivity index (χ0n) is 9.18. The molecule has 0 bridgehead atoms. The van der Waals surface area contributed by atoms with Gasteiger partial charge < -0.3 is 10.5 Å². The van der Waals surface area contributed by atoms with E-state index in [0.717, 1.165) is 6.42 Å². The molecule has 1 aliphatic heterocycles. The first kappa shape index (κ1) is 13.8. The highest BCUT2D eigenvalue weighted by atomic mass is 32.2. The number of thiocarbonyl (C=S) groups is 1. The van der Waals surface area contributed by atoms with Gasteiger partial charge in [0, 0.05) is 20.2 Å². The summed E-state index contributed by atoms with van der Waals surface area (Å²) < 4.78 is 32.3. The van der Waals surface area contributed by atoms with Crippen molar-refractivity contribution in [3.8, 4) is 0 Å². The maximum absolute atomic E-state index is 11.9. The van der Waals surface area contributed by atoms with Crippen molar-refractivity contribution in [3.05, 3.63) is 0 Å². The summed E-state index contributed by atoms with van der Waals surface area (Å²) in [5.41, 5.74) is 5.51. The minimum absolute atomic E-state index is 0.231. The molecule has 0 aliphatic carbocycles. The summed E-state index contributed by atoms with van der Waals surface area (Å²) in [6, 6.07) is -0.352. The maximum Gasteiger partial charge on any atom is 0.280 e. The molecular formula is C8H17N3O3S2. The lowest BCUT2D eigenvalue weighted by Crippen LogP contribution is -2.48. The second-order valence-electron chi connectivity index (χ2n) is 3.56. The van der Waals surface area contributed by atoms with E-state index in [1.807, 2.05) is 0 Å². The maximum atomic E-state index is 11.9. The second kappa shape index (κ2) is 5.87. The number of hydrogen-bond donors (Lipinski definition) is 2. The third kappa shape index (κ3) is 3.36. The molecule has 0 saturated carbocycles. The zero-order valence-corrected chi connectivity index (χ0v) is 10.8. The number of ether oxygens (including phenoxy) is 1. The van der Waals surface area contributed by atoms with Crippen molar-refractivity contribution >= 4 is 27.4 Å². The summed E-state index contributed by atoms with van der Waals surface area (Å²) in [6.07, 6.45) is 1.48. The summed E-state index contributed by atoms with van der Waals surface area (Å²) in [5.74, 6) is 0. The molecule has 0 radical (unpaired) electrons. The van der Waals surface area contributed by atoms with Gasteiger partial charge in [-0.2, -0.15) is 17.4 Å². The average molecular weight is 267 g/mol. The molecule has 1 saturated heterocycles. The van der Waals surface area contributed by atoms with Crippen molar-refractivity contribution in [2.75, 3.05) is 26.8 Å². The van der Waals surface area contributed by atoms with E-state index in [4.69, 9.17) is 22.7 Å². The Labute approximate surface area is 101 Å². The van der Waals surface area contributed by atoms with E-state index < -0.39 is 10.2 Å². The minimum atomic E-state index is -3.49. The van der Waals surface area contributed by atoms with Crippen LogP contribution in [-0.2, 0) is 14.9 Å². The summed E-state index contributed by atoms with van der Waals surface area (Å²) in [6.45, 7) is 1.05. The standard InChI is InChI=1S/C8H17N3O3S2/c1-14-6-4-10-16(12,13)11-5-2-3-7(11)8(9)15/h7,10H,2-6H2,1H3,(H2,9,15). The van der Waals surface area contributed by atoms with Gasteiger partial charge in [0.25, 0.3) is 10.2 Å². The number of methoxy groups -OCH3 is 1. The van der Waals surface area contributed by atoms with Gasteiger partial charge in [-0.15, -0.1) is 0 Å². The Morgan fingerprint density at radius 1 is 1.69 bits per heavy atom. The van der Waals surface area contributed by atoms with E-state index in [9.17, 15) is 8.42 Å². The van der Waals surface area contributed by atoms with Gasteiger partial charge in [0.15, 0.2) is 0 Å². The number of rotatable bonds is 6. The summed E-state index contributed by atoms with van der Waals surface area (Å²) in [4.78, 5) is 0.231. The monoisotopic (exact) mass is 267 g/mol. The Bertz CT molecular complexity index is 344. The Balaban J connectivity index is 2.63. The van der Waals surface area contributed by atoms with Gasteiger partial charge in [0.05, 0.1) is 17.6 Å². The van der Waals surface area contributed by atoms with Crippen molar-refractivity contribution in [2.45, 2.75) is 18.9 Å². The Hall–Kier alpha value is -0.280. The van der Waals surface area contributed by atoms with E-state index in [1.165, 1.54) is 11.4 Å². The molecular weight excluding hydrogens is 250 g/mol. The molecule has 1 fully saturated rings. The molecule has 0 aromatic rings. The predicted molar refractivity (Wildman–Crippen MR) is 65.3 cm³/mol. The molecule has 0 spiro atoms. The lowest BCUT2D eigenvalue weighted by atomic mass is 10.2. The lowest BCUT2D eigenvalue weighted by molar-refractivity contribution is 0.203. The van der Waals surface area contributed by atoms with E-state index in [1.54, 1.807) is 0 Å². The van der Waals surface area contributed by atoms with E-state index in [-0.39, 0.29) is 17.6 Å². The van der Waals surface area contributed by atoms with E-state index >= 15 is 0 Å². The Morgan fingerprint density at radius 2 is 2.38 bits per heavy atom. The van der Waals surface area contributed by atoms with Crippen LogP contribution in [0.25, 0.3) is 0 Å². The molecule has 3 N–H and O–H groups in total. The first-order valence-electron chi connectivity index (χ1n) is 5.03. The number of hydrogen-bond acceptors (Lipinski definition) is 4. The lowest BCUT2D eigenvalue weighted by Gasteiger charge is -2.23. The molecule has 1 aliphatic rings. The van der Waals surface area contributed by atoms with Gasteiger partial charge in [0.2, 0.25) is 0 Å². The van der Waals surface area contributed by atoms with Crippen LogP contribution in [0.4, 0.5) is 0 Å². The third-order valence-corrected chi connectivity index (χ3v) is 4.33. The van der Waals surface area contributed by atoms with Crippen molar-refractivity contribution in [3.63, 3.8) is 0 Å². The smallest absolute Gasteiger partial charge is 0.280 e. The number of nitrogens with one attached hydrogen (secondary N) is 1. The van der Waals surface area contributed by atoms with Crippen molar-refractivity contribution < 1.29 is 13.2 Å². The molecule has 16 heavy (non-hydrogen) atoms. The summed E-state index contributed by atoms with van der Waals surface area (Å²) >= 11 is 4.86. The largest absolute Gasteiger partial charge is 0.392 e. The quantitative estimate of drug-likeness (QED) is 0.487. The molecule has 1 atom stereocenters. The van der Waals surface area contributed by atoms with Gasteiger partial charge in [-0.05, 0) is 12.8 Å². The molecule has 1 unspecified atom stereocenters. The molecule has 8 heteroatoms. The summed E-state index contributed by atoms with van der Waals surface area (Å²) in [7, 11) is -1.97. The predicted octanol–water partition coefficient (Wildman–Crippen LogP) is -0.782. The molecule has 6 nitrogen and oxygen atoms in total. The minimum Gasteiger partial charge on any atom is -0.392 e. The molecule has 0 aromatic carbocycles. The normalized spacial score (nSPS) is 22.4. The van der Waals surface area contributed by atoms with Crippen molar-refractivity contribution in [1.82, 2.24) is 9.03 Å². The van der Waals surface area contributed by atoms with Crippen molar-refractivity contribution in [2.24, 2.45) is 5.73 Å². The van der Waals surface area contributed by atoms with Crippen LogP contribution in [0.3, 0.4) is 0 Å². The number of nitrogens with two attached hydrogens (primary N) is 1. The molecule has 1 heterocycles. The topological polar surface area (TPSA) is 84.7 Å². The fourth-order valence-corrected chi connectivity index (χ4v) is 3.41. The Morgan fingerprint density at radius 3 is 2.94 bits per heavy atom. The molecule has 0 aromatic heterocycles. The van der Waals surface area contributed by atoms with Gasteiger partial charge in [-0.3, -0.25) is 0 Å². The van der Waals surface area contributed by atoms with Crippen LogP contribution in [-0.4, -0.2) is 50.6 Å². The first-order valence-corrected chi connectivity index (χ1v) is 6.88. The Kier molecular flexibility index (Phi) is 5.06. The molecule has 1 rings (SSSR count). The zero-order chi connectivity index (χ0) is 12.2. The SMILES string of the molecule is COCCNS(=O)(=O)N1CCCC1C(N)=S. The van der Waals surface area contributed by atoms with Gasteiger partial charge in [-0.25, -0.2) is 0 Å². The van der Waals surface area contributed by atoms with E-state index in [0.29, 0.717) is 19.6 Å². The fourth-order valence-electron chi connectivity index (χ4n) is 1.67. The number of nitrogens with zero attached hydrogens (tertiary/aromatic N) is 1. The molecule has 0 amide bonds. The van der Waals surface area contributed by atoms with Crippen LogP contribution < -0.4 is 10.5 Å². The fraction of sp³-hybridized carbons (Fsp3) is 0.875. The highest BCUT2D eigenvalue weighted by Gasteiger charge is 2.35. The van der Waals surface area contributed by atoms with Crippen LogP contribution in [0.2, 0.25) is 0 Å². The van der Waals surface area contributed by atoms with E-state index in [2.05, 4.69) is 4.72 Å². The van der Waals surface area contributed by atoms with Crippen LogP contribution >= 0.6 is 12.2 Å². The highest BCUT2D eigenvalue weighted by molar-refractivity contribution is 7.87. The van der Waals surface area contributed by atoms with Crippen LogP contribution in [0.5, 0.6) is 0 Å². The first-order chi connectivity index (χ1) is 7.49. The van der Waals surface area contributed by atoms with Crippen LogP contribution in [0.1, 0.15) is 12.8 Å². The van der Waals surface area contributed by atoms with Gasteiger partial charge in [0.1, 0.15) is 0 Å². The van der Waals surface area contributed by atoms with Gasteiger partial charge >= 0.3 is 0 Å². The summed E-state index contributed by atoms with van der Waals surface area (Å²) in [5, 5.41) is 0. The van der Waals surface area contributed by atoms with Crippen LogP contribution in [0.15, 0.2) is 0 Å². The van der Waals surface area contributed by atoms with Gasteiger partial charge in [-0.1, -0.05) is 12.2 Å². The third-order valence-electron chi connectivity index (χ3n) is 2.43. The highest BCUT2D eigenvalue weighted by Crippen LogP contribution is 2.20.